The number of esters is 1. The molecule has 2 aromatic rings. The standard InChI is InChI=1S/C17H20N2O4/c1-2-22-17(21)13-5-7-14(8-6-13)19-16(20)9-10-18-12-15-4-3-11-23-15/h3-8,11,18H,2,9-10,12H2,1H3,(H,19,20). The summed E-state index contributed by atoms with van der Waals surface area (Å²) in [6.07, 6.45) is 1.96. The largest absolute Gasteiger partial charge is 0.468 e. The van der Waals surface area contributed by atoms with Crippen molar-refractivity contribution in [2.45, 2.75) is 19.9 Å². The van der Waals surface area contributed by atoms with Crippen LogP contribution in [-0.2, 0) is 16.1 Å². The number of benzene rings is 1. The van der Waals surface area contributed by atoms with Crippen molar-refractivity contribution in [2.24, 2.45) is 0 Å². The highest BCUT2D eigenvalue weighted by molar-refractivity contribution is 5.93. The van der Waals surface area contributed by atoms with Crippen LogP contribution in [0.2, 0.25) is 0 Å². The Bertz CT molecular complexity index is 621. The molecule has 0 aliphatic carbocycles. The van der Waals surface area contributed by atoms with Gasteiger partial charge in [-0.3, -0.25) is 4.79 Å². The van der Waals surface area contributed by atoms with Gasteiger partial charge in [-0.15, -0.1) is 0 Å². The Hall–Kier alpha value is -2.60. The minimum absolute atomic E-state index is 0.0965. The molecule has 0 spiro atoms. The summed E-state index contributed by atoms with van der Waals surface area (Å²) in [6, 6.07) is 10.3. The molecule has 0 saturated heterocycles. The molecule has 0 aliphatic rings. The third-order valence-electron chi connectivity index (χ3n) is 3.09. The fourth-order valence-corrected chi connectivity index (χ4v) is 1.95. The molecule has 1 aromatic heterocycles. The third-order valence-corrected chi connectivity index (χ3v) is 3.09. The zero-order valence-corrected chi connectivity index (χ0v) is 13.0. The Morgan fingerprint density at radius 2 is 1.96 bits per heavy atom. The van der Waals surface area contributed by atoms with Gasteiger partial charge in [-0.25, -0.2) is 4.79 Å². The maximum atomic E-state index is 11.8. The minimum Gasteiger partial charge on any atom is -0.468 e. The average molecular weight is 316 g/mol. The molecule has 6 nitrogen and oxygen atoms in total. The Morgan fingerprint density at radius 3 is 2.61 bits per heavy atom. The fourth-order valence-electron chi connectivity index (χ4n) is 1.95. The van der Waals surface area contributed by atoms with Gasteiger partial charge in [-0.2, -0.15) is 0 Å². The van der Waals surface area contributed by atoms with Gasteiger partial charge < -0.3 is 19.8 Å². The van der Waals surface area contributed by atoms with Crippen LogP contribution in [0.5, 0.6) is 0 Å². The number of furan rings is 1. The van der Waals surface area contributed by atoms with Crippen molar-refractivity contribution >= 4 is 17.6 Å². The van der Waals surface area contributed by atoms with Gasteiger partial charge in [0.2, 0.25) is 5.91 Å². The summed E-state index contributed by atoms with van der Waals surface area (Å²) in [4.78, 5) is 23.4. The average Bonchev–Trinajstić information content (AvgIpc) is 3.06. The molecule has 6 heteroatoms. The van der Waals surface area contributed by atoms with E-state index in [2.05, 4.69) is 10.6 Å². The molecular weight excluding hydrogens is 296 g/mol. The van der Waals surface area contributed by atoms with E-state index < -0.39 is 0 Å². The summed E-state index contributed by atoms with van der Waals surface area (Å²) in [7, 11) is 0. The summed E-state index contributed by atoms with van der Waals surface area (Å²) in [5, 5.41) is 5.91. The Kier molecular flexibility index (Phi) is 6.38. The number of ether oxygens (including phenoxy) is 1. The molecule has 0 unspecified atom stereocenters. The molecule has 0 atom stereocenters. The minimum atomic E-state index is -0.368. The topological polar surface area (TPSA) is 80.6 Å². The van der Waals surface area contributed by atoms with Crippen LogP contribution in [0.25, 0.3) is 0 Å². The first-order valence-electron chi connectivity index (χ1n) is 7.49. The zero-order valence-electron chi connectivity index (χ0n) is 13.0. The predicted octanol–water partition coefficient (Wildman–Crippen LogP) is 2.57. The van der Waals surface area contributed by atoms with E-state index in [0.29, 0.717) is 37.4 Å². The molecule has 2 rings (SSSR count). The Labute approximate surface area is 134 Å². The van der Waals surface area contributed by atoms with Crippen molar-refractivity contribution in [3.8, 4) is 0 Å². The summed E-state index contributed by atoms with van der Waals surface area (Å²) >= 11 is 0. The normalized spacial score (nSPS) is 10.3. The van der Waals surface area contributed by atoms with E-state index in [4.69, 9.17) is 9.15 Å². The van der Waals surface area contributed by atoms with Gasteiger partial charge in [0.15, 0.2) is 0 Å². The van der Waals surface area contributed by atoms with Crippen LogP contribution in [0, 0.1) is 0 Å². The van der Waals surface area contributed by atoms with Crippen LogP contribution in [0.4, 0.5) is 5.69 Å². The molecular formula is C17H20N2O4. The SMILES string of the molecule is CCOC(=O)c1ccc(NC(=O)CCNCc2ccco2)cc1. The van der Waals surface area contributed by atoms with Crippen molar-refractivity contribution in [1.29, 1.82) is 0 Å². The van der Waals surface area contributed by atoms with E-state index in [0.717, 1.165) is 5.76 Å². The summed E-state index contributed by atoms with van der Waals surface area (Å²) < 4.78 is 10.1. The van der Waals surface area contributed by atoms with E-state index >= 15 is 0 Å². The Morgan fingerprint density at radius 1 is 1.17 bits per heavy atom. The molecule has 2 N–H and O–H groups in total. The fraction of sp³-hybridized carbons (Fsp3) is 0.294. The quantitative estimate of drug-likeness (QED) is 0.578. The number of carbonyl (C=O) groups excluding carboxylic acids is 2. The second-order valence-electron chi connectivity index (χ2n) is 4.85. The van der Waals surface area contributed by atoms with Crippen LogP contribution in [0.1, 0.15) is 29.5 Å². The van der Waals surface area contributed by atoms with Gasteiger partial charge >= 0.3 is 5.97 Å². The predicted molar refractivity (Wildman–Crippen MR) is 86.1 cm³/mol. The Balaban J connectivity index is 1.71. The van der Waals surface area contributed by atoms with E-state index in [9.17, 15) is 9.59 Å². The maximum Gasteiger partial charge on any atom is 0.338 e. The molecule has 1 heterocycles. The number of carbonyl (C=O) groups is 2. The smallest absolute Gasteiger partial charge is 0.338 e. The van der Waals surface area contributed by atoms with Crippen LogP contribution in [0.3, 0.4) is 0 Å². The summed E-state index contributed by atoms with van der Waals surface area (Å²) in [5.74, 6) is 0.369. The van der Waals surface area contributed by atoms with E-state index in [1.165, 1.54) is 0 Å². The van der Waals surface area contributed by atoms with Gasteiger partial charge in [0.25, 0.3) is 0 Å². The van der Waals surface area contributed by atoms with Crippen molar-refractivity contribution in [2.75, 3.05) is 18.5 Å². The highest BCUT2D eigenvalue weighted by atomic mass is 16.5. The number of anilines is 1. The number of hydrogen-bond acceptors (Lipinski definition) is 5. The van der Waals surface area contributed by atoms with E-state index in [1.54, 1.807) is 37.5 Å². The second kappa shape index (κ2) is 8.75. The van der Waals surface area contributed by atoms with Crippen LogP contribution in [0.15, 0.2) is 47.1 Å². The molecule has 0 fully saturated rings. The first-order valence-corrected chi connectivity index (χ1v) is 7.49. The zero-order chi connectivity index (χ0) is 16.5. The third kappa shape index (κ3) is 5.60. The van der Waals surface area contributed by atoms with Gasteiger partial charge in [0.05, 0.1) is 25.0 Å². The molecule has 0 saturated carbocycles. The lowest BCUT2D eigenvalue weighted by Crippen LogP contribution is -2.21. The first-order chi connectivity index (χ1) is 11.2. The number of rotatable bonds is 8. The van der Waals surface area contributed by atoms with Gasteiger partial charge in [0, 0.05) is 18.7 Å². The molecule has 0 bridgehead atoms. The van der Waals surface area contributed by atoms with Crippen molar-refractivity contribution < 1.29 is 18.7 Å². The molecule has 122 valence electrons. The van der Waals surface area contributed by atoms with Crippen molar-refractivity contribution in [1.82, 2.24) is 5.32 Å². The van der Waals surface area contributed by atoms with Crippen LogP contribution in [-0.4, -0.2) is 25.0 Å². The lowest BCUT2D eigenvalue weighted by atomic mass is 10.2. The number of amides is 1. The number of nitrogens with one attached hydrogen (secondary N) is 2. The van der Waals surface area contributed by atoms with Gasteiger partial charge in [0.1, 0.15) is 5.76 Å². The molecule has 23 heavy (non-hydrogen) atoms. The highest BCUT2D eigenvalue weighted by Gasteiger charge is 2.07. The van der Waals surface area contributed by atoms with Gasteiger partial charge in [-0.1, -0.05) is 0 Å². The summed E-state index contributed by atoms with van der Waals surface area (Å²) in [6.45, 7) is 3.23. The van der Waals surface area contributed by atoms with E-state index in [1.807, 2.05) is 12.1 Å². The van der Waals surface area contributed by atoms with E-state index in [-0.39, 0.29) is 11.9 Å². The monoisotopic (exact) mass is 316 g/mol. The molecule has 0 aliphatic heterocycles. The van der Waals surface area contributed by atoms with Crippen LogP contribution < -0.4 is 10.6 Å². The lowest BCUT2D eigenvalue weighted by molar-refractivity contribution is -0.116. The summed E-state index contributed by atoms with van der Waals surface area (Å²) in [5.41, 5.74) is 1.11. The first kappa shape index (κ1) is 16.8. The maximum absolute atomic E-state index is 11.8. The van der Waals surface area contributed by atoms with Gasteiger partial charge in [-0.05, 0) is 43.3 Å². The molecule has 1 amide bonds. The molecule has 1 aromatic carbocycles. The highest BCUT2D eigenvalue weighted by Crippen LogP contribution is 2.11. The number of hydrogen-bond donors (Lipinski definition) is 2. The van der Waals surface area contributed by atoms with Crippen molar-refractivity contribution in [3.05, 3.63) is 54.0 Å². The second-order valence-corrected chi connectivity index (χ2v) is 4.85. The van der Waals surface area contributed by atoms with Crippen LogP contribution >= 0.6 is 0 Å². The van der Waals surface area contributed by atoms with Crippen molar-refractivity contribution in [3.63, 3.8) is 0 Å². The molecule has 0 radical (unpaired) electrons. The lowest BCUT2D eigenvalue weighted by Gasteiger charge is -2.07.